The molecular weight excluding hydrogens is 306 g/mol. The topological polar surface area (TPSA) is 66.8 Å². The highest BCUT2D eigenvalue weighted by Gasteiger charge is 2.14. The Balaban J connectivity index is 1.98. The van der Waals surface area contributed by atoms with Gasteiger partial charge in [0.2, 0.25) is 0 Å². The average Bonchev–Trinajstić information content (AvgIpc) is 2.61. The zero-order valence-electron chi connectivity index (χ0n) is 13.9. The van der Waals surface area contributed by atoms with Gasteiger partial charge in [-0.15, -0.1) is 0 Å². The van der Waals surface area contributed by atoms with Crippen molar-refractivity contribution < 1.29 is 19.4 Å². The van der Waals surface area contributed by atoms with Crippen molar-refractivity contribution in [3.05, 3.63) is 54.1 Å². The normalized spacial score (nSPS) is 10.2. The molecule has 0 bridgehead atoms. The standard InChI is InChI=1S/C19H21NO4/c1-3-20(4-2)18(22)13-24-19(23)16-7-5-14(6-8-16)15-9-11-17(21)12-10-15/h5-12,21H,3-4,13H2,1-2H3. The fraction of sp³-hybridized carbons (Fsp3) is 0.263. The maximum Gasteiger partial charge on any atom is 0.338 e. The first-order valence-electron chi connectivity index (χ1n) is 7.89. The third-order valence-electron chi connectivity index (χ3n) is 3.76. The van der Waals surface area contributed by atoms with Gasteiger partial charge in [0, 0.05) is 13.1 Å². The van der Waals surface area contributed by atoms with Crippen LogP contribution in [0.15, 0.2) is 48.5 Å². The molecule has 0 saturated heterocycles. The predicted octanol–water partition coefficient (Wildman–Crippen LogP) is 3.08. The third-order valence-corrected chi connectivity index (χ3v) is 3.76. The number of carbonyl (C=O) groups excluding carboxylic acids is 2. The van der Waals surface area contributed by atoms with E-state index in [1.54, 1.807) is 53.4 Å². The van der Waals surface area contributed by atoms with E-state index < -0.39 is 5.97 Å². The summed E-state index contributed by atoms with van der Waals surface area (Å²) < 4.78 is 5.07. The van der Waals surface area contributed by atoms with E-state index in [1.165, 1.54) is 0 Å². The Kier molecular flexibility index (Phi) is 5.95. The molecule has 5 heteroatoms. The van der Waals surface area contributed by atoms with E-state index in [0.29, 0.717) is 18.7 Å². The Hall–Kier alpha value is -2.82. The number of rotatable bonds is 6. The van der Waals surface area contributed by atoms with Crippen molar-refractivity contribution in [3.8, 4) is 16.9 Å². The summed E-state index contributed by atoms with van der Waals surface area (Å²) in [6.07, 6.45) is 0. The van der Waals surface area contributed by atoms with Gasteiger partial charge in [0.25, 0.3) is 5.91 Å². The van der Waals surface area contributed by atoms with E-state index in [1.807, 2.05) is 13.8 Å². The second kappa shape index (κ2) is 8.15. The smallest absolute Gasteiger partial charge is 0.338 e. The second-order valence-electron chi connectivity index (χ2n) is 5.27. The molecule has 1 N–H and O–H groups in total. The van der Waals surface area contributed by atoms with Crippen LogP contribution in [-0.2, 0) is 9.53 Å². The first-order valence-corrected chi connectivity index (χ1v) is 7.89. The lowest BCUT2D eigenvalue weighted by atomic mass is 10.0. The van der Waals surface area contributed by atoms with E-state index in [-0.39, 0.29) is 18.3 Å². The molecule has 0 unspecified atom stereocenters. The zero-order valence-corrected chi connectivity index (χ0v) is 13.9. The Bertz CT molecular complexity index is 688. The van der Waals surface area contributed by atoms with Crippen molar-refractivity contribution in [3.63, 3.8) is 0 Å². The number of phenolic OH excluding ortho intramolecular Hbond substituents is 1. The van der Waals surface area contributed by atoms with Crippen LogP contribution in [0.4, 0.5) is 0 Å². The van der Waals surface area contributed by atoms with Crippen LogP contribution in [0, 0.1) is 0 Å². The number of likely N-dealkylation sites (N-methyl/N-ethyl adjacent to an activating group) is 1. The predicted molar refractivity (Wildman–Crippen MR) is 91.8 cm³/mol. The van der Waals surface area contributed by atoms with Gasteiger partial charge < -0.3 is 14.7 Å². The molecule has 0 atom stereocenters. The lowest BCUT2D eigenvalue weighted by Gasteiger charge is -2.18. The van der Waals surface area contributed by atoms with Gasteiger partial charge in [-0.25, -0.2) is 4.79 Å². The van der Waals surface area contributed by atoms with E-state index in [2.05, 4.69) is 0 Å². The molecule has 5 nitrogen and oxygen atoms in total. The molecule has 0 saturated carbocycles. The van der Waals surface area contributed by atoms with Gasteiger partial charge in [-0.2, -0.15) is 0 Å². The van der Waals surface area contributed by atoms with Crippen molar-refractivity contribution in [1.29, 1.82) is 0 Å². The van der Waals surface area contributed by atoms with Gasteiger partial charge in [-0.05, 0) is 49.2 Å². The number of carbonyl (C=O) groups is 2. The molecule has 0 fully saturated rings. The van der Waals surface area contributed by atoms with Crippen LogP contribution >= 0.6 is 0 Å². The molecule has 2 aromatic rings. The monoisotopic (exact) mass is 327 g/mol. The van der Waals surface area contributed by atoms with Gasteiger partial charge in [-0.3, -0.25) is 4.79 Å². The lowest BCUT2D eigenvalue weighted by Crippen LogP contribution is -2.34. The first kappa shape index (κ1) is 17.5. The first-order chi connectivity index (χ1) is 11.5. The lowest BCUT2D eigenvalue weighted by molar-refractivity contribution is -0.134. The minimum absolute atomic E-state index is 0.200. The van der Waals surface area contributed by atoms with Crippen molar-refractivity contribution >= 4 is 11.9 Å². The number of hydrogen-bond acceptors (Lipinski definition) is 4. The number of aromatic hydroxyl groups is 1. The average molecular weight is 327 g/mol. The molecule has 2 rings (SSSR count). The van der Waals surface area contributed by atoms with Crippen molar-refractivity contribution in [2.45, 2.75) is 13.8 Å². The van der Waals surface area contributed by atoms with E-state index >= 15 is 0 Å². The molecule has 0 spiro atoms. The van der Waals surface area contributed by atoms with Crippen LogP contribution in [0.5, 0.6) is 5.75 Å². The van der Waals surface area contributed by atoms with Crippen molar-refractivity contribution in [2.75, 3.05) is 19.7 Å². The van der Waals surface area contributed by atoms with Gasteiger partial charge in [0.15, 0.2) is 6.61 Å². The SMILES string of the molecule is CCN(CC)C(=O)COC(=O)c1ccc(-c2ccc(O)cc2)cc1. The maximum atomic E-state index is 12.0. The number of nitrogens with zero attached hydrogens (tertiary/aromatic N) is 1. The molecule has 126 valence electrons. The molecule has 1 amide bonds. The van der Waals surface area contributed by atoms with Gasteiger partial charge >= 0.3 is 5.97 Å². The molecule has 0 aliphatic heterocycles. The molecule has 0 aliphatic carbocycles. The van der Waals surface area contributed by atoms with Crippen LogP contribution in [0.2, 0.25) is 0 Å². The van der Waals surface area contributed by atoms with Crippen LogP contribution in [0.3, 0.4) is 0 Å². The van der Waals surface area contributed by atoms with Crippen molar-refractivity contribution in [1.82, 2.24) is 4.90 Å². The minimum Gasteiger partial charge on any atom is -0.508 e. The molecule has 24 heavy (non-hydrogen) atoms. The minimum atomic E-state index is -0.521. The summed E-state index contributed by atoms with van der Waals surface area (Å²) in [5.74, 6) is -0.515. The molecule has 0 radical (unpaired) electrons. The van der Waals surface area contributed by atoms with Gasteiger partial charge in [-0.1, -0.05) is 24.3 Å². The molecule has 0 aliphatic rings. The highest BCUT2D eigenvalue weighted by atomic mass is 16.5. The Labute approximate surface area is 141 Å². The number of amides is 1. The quantitative estimate of drug-likeness (QED) is 0.828. The largest absolute Gasteiger partial charge is 0.508 e. The van der Waals surface area contributed by atoms with Crippen molar-refractivity contribution in [2.24, 2.45) is 0 Å². The van der Waals surface area contributed by atoms with Crippen LogP contribution < -0.4 is 0 Å². The summed E-state index contributed by atoms with van der Waals surface area (Å²) in [4.78, 5) is 25.5. The summed E-state index contributed by atoms with van der Waals surface area (Å²) in [6.45, 7) is 4.69. The molecule has 2 aromatic carbocycles. The van der Waals surface area contributed by atoms with Crippen LogP contribution in [-0.4, -0.2) is 41.6 Å². The fourth-order valence-electron chi connectivity index (χ4n) is 2.33. The molecule has 0 heterocycles. The van der Waals surface area contributed by atoms with Gasteiger partial charge in [0.1, 0.15) is 5.75 Å². The number of benzene rings is 2. The highest BCUT2D eigenvalue weighted by Crippen LogP contribution is 2.22. The second-order valence-corrected chi connectivity index (χ2v) is 5.27. The summed E-state index contributed by atoms with van der Waals surface area (Å²) in [7, 11) is 0. The zero-order chi connectivity index (χ0) is 17.5. The molecule has 0 aromatic heterocycles. The maximum absolute atomic E-state index is 12.0. The summed E-state index contributed by atoms with van der Waals surface area (Å²) in [5, 5.41) is 9.31. The summed E-state index contributed by atoms with van der Waals surface area (Å²) >= 11 is 0. The number of ether oxygens (including phenoxy) is 1. The Morgan fingerprint density at radius 2 is 1.42 bits per heavy atom. The summed E-state index contributed by atoms with van der Waals surface area (Å²) in [5.41, 5.74) is 2.25. The number of phenols is 1. The Morgan fingerprint density at radius 1 is 0.917 bits per heavy atom. The Morgan fingerprint density at radius 3 is 1.92 bits per heavy atom. The number of esters is 1. The third kappa shape index (κ3) is 4.35. The van der Waals surface area contributed by atoms with E-state index in [4.69, 9.17) is 4.74 Å². The van der Waals surface area contributed by atoms with E-state index in [9.17, 15) is 14.7 Å². The molecular formula is C19H21NO4. The van der Waals surface area contributed by atoms with Crippen LogP contribution in [0.1, 0.15) is 24.2 Å². The fourth-order valence-corrected chi connectivity index (χ4v) is 2.33. The van der Waals surface area contributed by atoms with E-state index in [0.717, 1.165) is 11.1 Å². The van der Waals surface area contributed by atoms with Crippen LogP contribution in [0.25, 0.3) is 11.1 Å². The van der Waals surface area contributed by atoms with Gasteiger partial charge in [0.05, 0.1) is 5.56 Å². The highest BCUT2D eigenvalue weighted by molar-refractivity contribution is 5.91. The number of hydrogen-bond donors (Lipinski definition) is 1. The summed E-state index contributed by atoms with van der Waals surface area (Å²) in [6, 6.07) is 13.7.